The second-order valence-corrected chi connectivity index (χ2v) is 7.82. The molecule has 0 unspecified atom stereocenters. The molecule has 1 aromatic heterocycles. The zero-order chi connectivity index (χ0) is 19.8. The molecule has 0 atom stereocenters. The van der Waals surface area contributed by atoms with Crippen molar-refractivity contribution in [2.75, 3.05) is 5.32 Å². The molecule has 28 heavy (non-hydrogen) atoms. The van der Waals surface area contributed by atoms with Crippen molar-refractivity contribution < 1.29 is 14.5 Å². The molecular formula is C20H25BN4O3. The second-order valence-electron chi connectivity index (χ2n) is 7.82. The number of rotatable bonds is 5. The van der Waals surface area contributed by atoms with Crippen LogP contribution in [0, 0.1) is 5.92 Å². The van der Waals surface area contributed by atoms with Crippen molar-refractivity contribution in [2.45, 2.75) is 45.6 Å². The van der Waals surface area contributed by atoms with E-state index in [1.165, 1.54) is 12.8 Å². The Bertz CT molecular complexity index is 932. The van der Waals surface area contributed by atoms with Gasteiger partial charge in [-0.1, -0.05) is 32.8 Å². The molecule has 0 saturated heterocycles. The summed E-state index contributed by atoms with van der Waals surface area (Å²) in [5, 5.41) is 17.9. The summed E-state index contributed by atoms with van der Waals surface area (Å²) in [6.45, 7) is 4.03. The number of allylic oxidation sites excluding steroid dienone is 1. The summed E-state index contributed by atoms with van der Waals surface area (Å²) >= 11 is 0. The Morgan fingerprint density at radius 2 is 2.14 bits per heavy atom. The highest BCUT2D eigenvalue weighted by Gasteiger charge is 2.29. The van der Waals surface area contributed by atoms with Gasteiger partial charge in [0.05, 0.1) is 6.04 Å². The van der Waals surface area contributed by atoms with Crippen molar-refractivity contribution in [3.05, 3.63) is 41.0 Å². The van der Waals surface area contributed by atoms with Gasteiger partial charge in [-0.15, -0.1) is 0 Å². The Kier molecular flexibility index (Phi) is 4.89. The third-order valence-electron chi connectivity index (χ3n) is 5.48. The van der Waals surface area contributed by atoms with Gasteiger partial charge < -0.3 is 20.7 Å². The fraction of sp³-hybridized carbons (Fsp3) is 0.400. The fourth-order valence-corrected chi connectivity index (χ4v) is 3.89. The molecule has 8 heteroatoms. The van der Waals surface area contributed by atoms with Crippen LogP contribution < -0.4 is 15.7 Å². The summed E-state index contributed by atoms with van der Waals surface area (Å²) in [5.41, 5.74) is 8.42. The highest BCUT2D eigenvalue weighted by atomic mass is 16.5. The average Bonchev–Trinajstić information content (AvgIpc) is 3.30. The van der Waals surface area contributed by atoms with Gasteiger partial charge in [-0.2, -0.15) is 5.10 Å². The van der Waals surface area contributed by atoms with Crippen LogP contribution in [0.4, 0.5) is 11.5 Å². The van der Waals surface area contributed by atoms with E-state index < -0.39 is 13.0 Å². The molecule has 1 aromatic carbocycles. The van der Waals surface area contributed by atoms with Crippen LogP contribution >= 0.6 is 0 Å². The standard InChI is InChI=1S/C20H25BN4O3/c1-12(2)17-10-13-9-14(7-8-18(13)28-21(17)27)23-20-16(19(22)26)11-25(24-20)15-5-3-4-6-15/h7-12,15,27H,3-6H2,1-2H3,(H2,22,26)(H,23,24). The van der Waals surface area contributed by atoms with Crippen molar-refractivity contribution in [1.82, 2.24) is 9.78 Å². The number of nitrogens with one attached hydrogen (secondary N) is 1. The van der Waals surface area contributed by atoms with E-state index >= 15 is 0 Å². The molecule has 1 aliphatic carbocycles. The molecule has 4 N–H and O–H groups in total. The van der Waals surface area contributed by atoms with Gasteiger partial charge in [0.25, 0.3) is 5.91 Å². The number of nitrogens with zero attached hydrogens (tertiary/aromatic N) is 2. The van der Waals surface area contributed by atoms with Crippen molar-refractivity contribution in [3.63, 3.8) is 0 Å². The maximum Gasteiger partial charge on any atom is 0.556 e. The smallest absolute Gasteiger partial charge is 0.532 e. The van der Waals surface area contributed by atoms with Gasteiger partial charge in [-0.3, -0.25) is 9.48 Å². The number of fused-ring (bicyclic) bond motifs is 1. The van der Waals surface area contributed by atoms with Gasteiger partial charge in [-0.05, 0) is 42.4 Å². The first-order chi connectivity index (χ1) is 13.4. The normalized spacial score (nSPS) is 16.7. The van der Waals surface area contributed by atoms with Gasteiger partial charge in [0.1, 0.15) is 11.3 Å². The summed E-state index contributed by atoms with van der Waals surface area (Å²) in [6.07, 6.45) is 8.20. The zero-order valence-corrected chi connectivity index (χ0v) is 16.2. The van der Waals surface area contributed by atoms with Gasteiger partial charge in [0, 0.05) is 17.4 Å². The third kappa shape index (κ3) is 3.52. The number of carbonyl (C=O) groups is 1. The van der Waals surface area contributed by atoms with Crippen LogP contribution in [0.1, 0.15) is 61.5 Å². The Labute approximate surface area is 164 Å². The number of aromatic nitrogens is 2. The largest absolute Gasteiger partial charge is 0.556 e. The molecule has 0 bridgehead atoms. The number of anilines is 2. The molecule has 2 heterocycles. The quantitative estimate of drug-likeness (QED) is 0.691. The van der Waals surface area contributed by atoms with Crippen LogP contribution in [0.2, 0.25) is 0 Å². The van der Waals surface area contributed by atoms with E-state index in [1.54, 1.807) is 12.3 Å². The fourth-order valence-electron chi connectivity index (χ4n) is 3.89. The monoisotopic (exact) mass is 380 g/mol. The van der Waals surface area contributed by atoms with E-state index in [2.05, 4.69) is 10.4 Å². The van der Waals surface area contributed by atoms with E-state index in [9.17, 15) is 9.82 Å². The van der Waals surface area contributed by atoms with Crippen LogP contribution in [0.3, 0.4) is 0 Å². The zero-order valence-electron chi connectivity index (χ0n) is 16.2. The van der Waals surface area contributed by atoms with Crippen molar-refractivity contribution in [3.8, 4) is 5.75 Å². The summed E-state index contributed by atoms with van der Waals surface area (Å²) in [4.78, 5) is 11.9. The molecule has 1 saturated carbocycles. The molecule has 1 aliphatic heterocycles. The lowest BCUT2D eigenvalue weighted by Gasteiger charge is -2.23. The second kappa shape index (κ2) is 7.35. The Hall–Kier alpha value is -2.74. The lowest BCUT2D eigenvalue weighted by molar-refractivity contribution is 0.100. The lowest BCUT2D eigenvalue weighted by atomic mass is 9.70. The van der Waals surface area contributed by atoms with Gasteiger partial charge in [-0.25, -0.2) is 0 Å². The maximum atomic E-state index is 11.9. The minimum Gasteiger partial charge on any atom is -0.532 e. The molecule has 7 nitrogen and oxygen atoms in total. The SMILES string of the molecule is CC(C)C1=Cc2cc(Nc3nn(C4CCCC4)cc3C(N)=O)ccc2OB1O. The molecular weight excluding hydrogens is 355 g/mol. The molecule has 0 radical (unpaired) electrons. The first kappa shape index (κ1) is 18.6. The highest BCUT2D eigenvalue weighted by molar-refractivity contribution is 6.55. The summed E-state index contributed by atoms with van der Waals surface area (Å²) in [7, 11) is -0.921. The first-order valence-electron chi connectivity index (χ1n) is 9.78. The van der Waals surface area contributed by atoms with E-state index in [4.69, 9.17) is 10.4 Å². The van der Waals surface area contributed by atoms with Crippen LogP contribution in [-0.4, -0.2) is 27.8 Å². The molecule has 4 rings (SSSR count). The Morgan fingerprint density at radius 3 is 2.82 bits per heavy atom. The number of hydrogen-bond acceptors (Lipinski definition) is 5. The molecule has 1 amide bonds. The first-order valence-corrected chi connectivity index (χ1v) is 9.78. The Balaban J connectivity index is 1.64. The number of amides is 1. The number of hydrogen-bond donors (Lipinski definition) is 3. The summed E-state index contributed by atoms with van der Waals surface area (Å²) in [5.74, 6) is 0.750. The van der Waals surface area contributed by atoms with Crippen LogP contribution in [-0.2, 0) is 0 Å². The number of primary amides is 1. The molecule has 146 valence electrons. The Morgan fingerprint density at radius 1 is 1.39 bits per heavy atom. The average molecular weight is 380 g/mol. The van der Waals surface area contributed by atoms with Gasteiger partial charge in [0.2, 0.25) is 0 Å². The van der Waals surface area contributed by atoms with Crippen LogP contribution in [0.15, 0.2) is 29.9 Å². The molecule has 2 aromatic rings. The number of benzene rings is 1. The number of nitrogens with two attached hydrogens (primary N) is 1. The van der Waals surface area contributed by atoms with Crippen molar-refractivity contribution in [1.29, 1.82) is 0 Å². The highest BCUT2D eigenvalue weighted by Crippen LogP contribution is 2.34. The maximum absolute atomic E-state index is 11.9. The van der Waals surface area contributed by atoms with Crippen molar-refractivity contribution >= 4 is 30.6 Å². The molecule has 0 spiro atoms. The molecule has 1 fully saturated rings. The predicted octanol–water partition coefficient (Wildman–Crippen LogP) is 3.29. The predicted molar refractivity (Wildman–Crippen MR) is 109 cm³/mol. The lowest BCUT2D eigenvalue weighted by Crippen LogP contribution is -2.30. The summed E-state index contributed by atoms with van der Waals surface area (Å²) in [6, 6.07) is 5.87. The molecule has 2 aliphatic rings. The minimum atomic E-state index is -0.921. The van der Waals surface area contributed by atoms with E-state index in [-0.39, 0.29) is 5.92 Å². The van der Waals surface area contributed by atoms with Gasteiger partial charge >= 0.3 is 7.12 Å². The minimum absolute atomic E-state index is 0.170. The number of carbonyl (C=O) groups excluding carboxylic acids is 1. The van der Waals surface area contributed by atoms with Gasteiger partial charge in [0.15, 0.2) is 5.82 Å². The van der Waals surface area contributed by atoms with Crippen LogP contribution in [0.25, 0.3) is 6.08 Å². The van der Waals surface area contributed by atoms with E-state index in [0.717, 1.165) is 29.6 Å². The topological polar surface area (TPSA) is 102 Å². The summed E-state index contributed by atoms with van der Waals surface area (Å²) < 4.78 is 7.48. The van der Waals surface area contributed by atoms with Crippen LogP contribution in [0.5, 0.6) is 5.75 Å². The third-order valence-corrected chi connectivity index (χ3v) is 5.48. The van der Waals surface area contributed by atoms with E-state index in [0.29, 0.717) is 23.2 Å². The van der Waals surface area contributed by atoms with E-state index in [1.807, 2.05) is 36.7 Å². The van der Waals surface area contributed by atoms with Crippen molar-refractivity contribution in [2.24, 2.45) is 11.7 Å².